The second-order valence-corrected chi connectivity index (χ2v) is 6.92. The first-order chi connectivity index (χ1) is 7.51. The molecule has 0 N–H and O–H groups in total. The fraction of sp³-hybridized carbons (Fsp3) is 1.00. The van der Waals surface area contributed by atoms with E-state index in [1.54, 1.807) is 0 Å². The van der Waals surface area contributed by atoms with E-state index in [0.717, 1.165) is 39.1 Å². The van der Waals surface area contributed by atoms with Crippen molar-refractivity contribution < 1.29 is 13.2 Å². The maximum Gasteiger partial charge on any atom is 0.148 e. The Bertz CT molecular complexity index is 290. The van der Waals surface area contributed by atoms with Gasteiger partial charge in [-0.1, -0.05) is 6.92 Å². The average molecular weight is 249 g/mol. The highest BCUT2D eigenvalue weighted by molar-refractivity contribution is 7.90. The van der Waals surface area contributed by atoms with E-state index in [0.29, 0.717) is 12.5 Å². The van der Waals surface area contributed by atoms with E-state index >= 15 is 0 Å². The van der Waals surface area contributed by atoms with Gasteiger partial charge in [0.25, 0.3) is 0 Å². The minimum atomic E-state index is -2.82. The second-order valence-electron chi connectivity index (χ2n) is 4.66. The molecule has 96 valence electrons. The molecule has 1 rings (SSSR count). The Labute approximate surface area is 98.9 Å². The number of likely N-dealkylation sites (tertiary alicyclic amines) is 1. The molecule has 0 aromatic carbocycles. The third kappa shape index (κ3) is 5.82. The number of rotatable bonds is 7. The zero-order valence-electron chi connectivity index (χ0n) is 10.3. The van der Waals surface area contributed by atoms with Crippen molar-refractivity contribution in [2.24, 2.45) is 5.92 Å². The lowest BCUT2D eigenvalue weighted by atomic mass is 10.1. The van der Waals surface area contributed by atoms with Crippen molar-refractivity contribution in [2.75, 3.05) is 44.9 Å². The lowest BCUT2D eigenvalue weighted by Gasteiger charge is -2.15. The van der Waals surface area contributed by atoms with Crippen molar-refractivity contribution in [3.63, 3.8) is 0 Å². The van der Waals surface area contributed by atoms with Crippen molar-refractivity contribution >= 4 is 9.84 Å². The van der Waals surface area contributed by atoms with Gasteiger partial charge in [-0.3, -0.25) is 0 Å². The Morgan fingerprint density at radius 2 is 2.19 bits per heavy atom. The zero-order valence-corrected chi connectivity index (χ0v) is 11.1. The third-order valence-corrected chi connectivity index (χ3v) is 3.77. The fourth-order valence-corrected chi connectivity index (χ4v) is 2.53. The van der Waals surface area contributed by atoms with Crippen molar-refractivity contribution in [3.8, 4) is 0 Å². The average Bonchev–Trinajstić information content (AvgIpc) is 2.62. The van der Waals surface area contributed by atoms with Crippen LogP contribution in [0.4, 0.5) is 0 Å². The molecule has 1 aliphatic heterocycles. The molecule has 0 saturated carbocycles. The van der Waals surface area contributed by atoms with E-state index in [1.807, 2.05) is 0 Å². The van der Waals surface area contributed by atoms with Gasteiger partial charge >= 0.3 is 0 Å². The lowest BCUT2D eigenvalue weighted by Crippen LogP contribution is -2.27. The summed E-state index contributed by atoms with van der Waals surface area (Å²) in [7, 11) is -2.82. The number of ether oxygens (including phenoxy) is 1. The van der Waals surface area contributed by atoms with E-state index in [9.17, 15) is 8.42 Å². The first-order valence-electron chi connectivity index (χ1n) is 5.99. The molecule has 0 aromatic heterocycles. The van der Waals surface area contributed by atoms with Crippen LogP contribution < -0.4 is 0 Å². The largest absolute Gasteiger partial charge is 0.381 e. The Morgan fingerprint density at radius 1 is 1.44 bits per heavy atom. The lowest BCUT2D eigenvalue weighted by molar-refractivity contribution is 0.102. The molecule has 0 aromatic rings. The van der Waals surface area contributed by atoms with Crippen LogP contribution in [-0.2, 0) is 14.6 Å². The SMILES string of the molecule is CCCOCC1CCN(CCS(C)(=O)=O)C1. The van der Waals surface area contributed by atoms with Gasteiger partial charge in [0.1, 0.15) is 9.84 Å². The number of hydrogen-bond donors (Lipinski definition) is 0. The van der Waals surface area contributed by atoms with Gasteiger partial charge < -0.3 is 9.64 Å². The summed E-state index contributed by atoms with van der Waals surface area (Å²) in [5.41, 5.74) is 0. The minimum Gasteiger partial charge on any atom is -0.381 e. The fourth-order valence-electron chi connectivity index (χ4n) is 1.94. The van der Waals surface area contributed by atoms with E-state index < -0.39 is 9.84 Å². The molecule has 0 radical (unpaired) electrons. The van der Waals surface area contributed by atoms with Gasteiger partial charge in [-0.15, -0.1) is 0 Å². The molecule has 0 amide bonds. The molecule has 1 atom stereocenters. The molecule has 1 fully saturated rings. The van der Waals surface area contributed by atoms with Gasteiger partial charge in [0, 0.05) is 26.0 Å². The summed E-state index contributed by atoms with van der Waals surface area (Å²) in [4.78, 5) is 2.22. The molecule has 0 spiro atoms. The molecular weight excluding hydrogens is 226 g/mol. The number of sulfone groups is 1. The molecule has 16 heavy (non-hydrogen) atoms. The van der Waals surface area contributed by atoms with Crippen LogP contribution in [0.2, 0.25) is 0 Å². The molecule has 1 saturated heterocycles. The van der Waals surface area contributed by atoms with Gasteiger partial charge in [0.15, 0.2) is 0 Å². The van der Waals surface area contributed by atoms with Crippen LogP contribution in [0.25, 0.3) is 0 Å². The highest BCUT2D eigenvalue weighted by Gasteiger charge is 2.22. The van der Waals surface area contributed by atoms with E-state index in [-0.39, 0.29) is 5.75 Å². The Kier molecular flexibility index (Phi) is 5.72. The van der Waals surface area contributed by atoms with Crippen LogP contribution in [0, 0.1) is 5.92 Å². The first kappa shape index (κ1) is 13.9. The van der Waals surface area contributed by atoms with Crippen molar-refractivity contribution in [2.45, 2.75) is 19.8 Å². The summed E-state index contributed by atoms with van der Waals surface area (Å²) < 4.78 is 27.6. The molecule has 1 unspecified atom stereocenters. The summed E-state index contributed by atoms with van der Waals surface area (Å²) in [6, 6.07) is 0. The predicted octanol–water partition coefficient (Wildman–Crippen LogP) is 0.780. The second kappa shape index (κ2) is 6.57. The highest BCUT2D eigenvalue weighted by atomic mass is 32.2. The maximum absolute atomic E-state index is 11.0. The van der Waals surface area contributed by atoms with Gasteiger partial charge in [-0.25, -0.2) is 8.42 Å². The summed E-state index contributed by atoms with van der Waals surface area (Å²) in [5.74, 6) is 0.862. The molecule has 1 heterocycles. The molecule has 0 aliphatic carbocycles. The van der Waals surface area contributed by atoms with Crippen LogP contribution in [0.5, 0.6) is 0 Å². The minimum absolute atomic E-state index is 0.273. The Hall–Kier alpha value is -0.130. The quantitative estimate of drug-likeness (QED) is 0.626. The smallest absolute Gasteiger partial charge is 0.148 e. The number of nitrogens with zero attached hydrogens (tertiary/aromatic N) is 1. The Morgan fingerprint density at radius 3 is 2.81 bits per heavy atom. The molecule has 0 bridgehead atoms. The standard InChI is InChI=1S/C11H23NO3S/c1-3-7-15-10-11-4-5-12(9-11)6-8-16(2,13)14/h11H,3-10H2,1-2H3. The zero-order chi connectivity index (χ0) is 12.0. The summed E-state index contributed by atoms with van der Waals surface area (Å²) >= 11 is 0. The van der Waals surface area contributed by atoms with Crippen LogP contribution in [0.1, 0.15) is 19.8 Å². The molecular formula is C11H23NO3S. The predicted molar refractivity (Wildman–Crippen MR) is 65.4 cm³/mol. The Balaban J connectivity index is 2.15. The summed E-state index contributed by atoms with van der Waals surface area (Å²) in [6.07, 6.45) is 3.49. The maximum atomic E-state index is 11.0. The number of hydrogen-bond acceptors (Lipinski definition) is 4. The molecule has 5 heteroatoms. The first-order valence-corrected chi connectivity index (χ1v) is 8.05. The topological polar surface area (TPSA) is 46.6 Å². The van der Waals surface area contributed by atoms with E-state index in [1.165, 1.54) is 6.26 Å². The van der Waals surface area contributed by atoms with E-state index in [4.69, 9.17) is 4.74 Å². The van der Waals surface area contributed by atoms with E-state index in [2.05, 4.69) is 11.8 Å². The van der Waals surface area contributed by atoms with Gasteiger partial charge in [-0.05, 0) is 25.3 Å². The van der Waals surface area contributed by atoms with Gasteiger partial charge in [-0.2, -0.15) is 0 Å². The normalized spacial score (nSPS) is 22.8. The van der Waals surface area contributed by atoms with Crippen molar-refractivity contribution in [3.05, 3.63) is 0 Å². The van der Waals surface area contributed by atoms with Crippen LogP contribution in [0.3, 0.4) is 0 Å². The van der Waals surface area contributed by atoms with Gasteiger partial charge in [0.2, 0.25) is 0 Å². The monoisotopic (exact) mass is 249 g/mol. The molecule has 1 aliphatic rings. The van der Waals surface area contributed by atoms with Crippen LogP contribution in [0.15, 0.2) is 0 Å². The van der Waals surface area contributed by atoms with Crippen molar-refractivity contribution in [1.29, 1.82) is 0 Å². The van der Waals surface area contributed by atoms with Gasteiger partial charge in [0.05, 0.1) is 12.4 Å². The summed E-state index contributed by atoms with van der Waals surface area (Å²) in [5, 5.41) is 0. The summed E-state index contributed by atoms with van der Waals surface area (Å²) in [6.45, 7) is 6.42. The van der Waals surface area contributed by atoms with Crippen LogP contribution >= 0.6 is 0 Å². The molecule has 4 nitrogen and oxygen atoms in total. The third-order valence-electron chi connectivity index (χ3n) is 2.85. The van der Waals surface area contributed by atoms with Crippen LogP contribution in [-0.4, -0.2) is 58.2 Å². The van der Waals surface area contributed by atoms with Crippen molar-refractivity contribution in [1.82, 2.24) is 4.90 Å². The highest BCUT2D eigenvalue weighted by Crippen LogP contribution is 2.16.